The number of hydrogen-bond donors (Lipinski definition) is 12. The maximum atomic E-state index is 14.9. The van der Waals surface area contributed by atoms with Crippen LogP contribution in [-0.2, 0) is 62.4 Å². The van der Waals surface area contributed by atoms with E-state index in [4.69, 9.17) is 63.6 Å². The Labute approximate surface area is 469 Å². The van der Waals surface area contributed by atoms with E-state index < -0.39 is 96.9 Å². The molecule has 1 saturated heterocycles. The second-order valence-corrected chi connectivity index (χ2v) is 20.1. The summed E-state index contributed by atoms with van der Waals surface area (Å²) in [5, 5.41) is 19.2. The van der Waals surface area contributed by atoms with Gasteiger partial charge in [-0.15, -0.1) is 0 Å². The third kappa shape index (κ3) is 19.4. The van der Waals surface area contributed by atoms with Crippen molar-refractivity contribution in [2.75, 3.05) is 32.7 Å². The van der Waals surface area contributed by atoms with Crippen LogP contribution in [0.4, 0.5) is 0 Å². The second-order valence-electron chi connectivity index (χ2n) is 18.6. The van der Waals surface area contributed by atoms with Crippen molar-refractivity contribution in [2.24, 2.45) is 22.2 Å². The number of amides is 9. The van der Waals surface area contributed by atoms with E-state index in [2.05, 4.69) is 57.2 Å². The molecule has 422 valence electrons. The minimum Gasteiger partial charge on any atom is -0.370 e. The number of aromatic nitrogens is 3. The molecule has 5 atom stereocenters. The highest BCUT2D eigenvalue weighted by molar-refractivity contribution is 6.52. The van der Waals surface area contributed by atoms with Crippen LogP contribution in [0.25, 0.3) is 10.9 Å². The van der Waals surface area contributed by atoms with Crippen LogP contribution in [-0.4, -0.2) is 142 Å². The lowest BCUT2D eigenvalue weighted by Gasteiger charge is -2.30. The topological polar surface area (TPSA) is 376 Å². The van der Waals surface area contributed by atoms with Crippen LogP contribution < -0.4 is 54.4 Å². The van der Waals surface area contributed by atoms with Crippen molar-refractivity contribution in [3.05, 3.63) is 86.0 Å². The number of benzene rings is 2. The van der Waals surface area contributed by atoms with E-state index in [0.29, 0.717) is 37.1 Å². The Morgan fingerprint density at radius 2 is 1.45 bits per heavy atom. The van der Waals surface area contributed by atoms with E-state index in [9.17, 15) is 43.2 Å². The van der Waals surface area contributed by atoms with Crippen LogP contribution >= 0.6 is 46.4 Å². The Hall–Kier alpha value is -7.15. The van der Waals surface area contributed by atoms with E-state index in [1.54, 1.807) is 12.3 Å². The van der Waals surface area contributed by atoms with Crippen LogP contribution in [0.5, 0.6) is 0 Å². The largest absolute Gasteiger partial charge is 0.370 e. The molecular formula is C50H65Cl4N15O9. The fourth-order valence-corrected chi connectivity index (χ4v) is 9.44. The monoisotopic (exact) mass is 1160 g/mol. The number of hydrogen-bond acceptors (Lipinski definition) is 11. The van der Waals surface area contributed by atoms with Crippen molar-refractivity contribution in [3.63, 3.8) is 0 Å². The molecule has 0 bridgehead atoms. The number of carbonyl (C=O) groups excluding carboxylic acids is 9. The molecule has 1 aliphatic heterocycles. The number of carbonyl (C=O) groups is 9. The number of guanidine groups is 1. The quantitative estimate of drug-likeness (QED) is 0.0208. The first-order valence-electron chi connectivity index (χ1n) is 25.2. The molecule has 0 radical (unpaired) electrons. The minimum atomic E-state index is -1.64. The third-order valence-corrected chi connectivity index (χ3v) is 14.3. The molecule has 28 heteroatoms. The third-order valence-electron chi connectivity index (χ3n) is 12.5. The fourth-order valence-electron chi connectivity index (χ4n) is 8.52. The van der Waals surface area contributed by atoms with Crippen LogP contribution in [0.3, 0.4) is 0 Å². The smallest absolute Gasteiger partial charge is 0.245 e. The lowest BCUT2D eigenvalue weighted by molar-refractivity contribution is -0.139. The van der Waals surface area contributed by atoms with Crippen LogP contribution in [0.2, 0.25) is 20.1 Å². The molecule has 24 nitrogen and oxygen atoms in total. The number of fused-ring (bicyclic) bond motifs is 1. The average Bonchev–Trinajstić information content (AvgIpc) is 4.07. The molecule has 2 aromatic heterocycles. The van der Waals surface area contributed by atoms with Gasteiger partial charge in [0.05, 0.1) is 39.4 Å². The van der Waals surface area contributed by atoms with Crippen molar-refractivity contribution in [2.45, 2.75) is 114 Å². The SMILES string of the molecule is CC(=O)NCCCCCC(=O)N[C@H]1CC(=O)NCCCCN(CC(N)=O)C(=O)[C@H](Cc2c[nH]c3ccccc23)NC(=O)[C@H](CCCN=C(N)N)NC(=O)[C@@H](Cc2cc(Cl)c(Cl)c(Cl)c2Cl)NC(=O)[C@H](Cc2cnc[nH]2)NC1=O. The highest BCUT2D eigenvalue weighted by Gasteiger charge is 2.36. The van der Waals surface area contributed by atoms with E-state index >= 15 is 0 Å². The maximum Gasteiger partial charge on any atom is 0.245 e. The van der Waals surface area contributed by atoms with Gasteiger partial charge in [-0.25, -0.2) is 4.98 Å². The zero-order valence-corrected chi connectivity index (χ0v) is 45.8. The van der Waals surface area contributed by atoms with E-state index in [1.165, 1.54) is 30.4 Å². The molecule has 1 aliphatic rings. The van der Waals surface area contributed by atoms with Crippen molar-refractivity contribution >= 4 is 116 Å². The molecule has 3 heterocycles. The summed E-state index contributed by atoms with van der Waals surface area (Å²) in [5.74, 6) is -6.91. The maximum absolute atomic E-state index is 14.9. The number of nitrogens with one attached hydrogen (secondary N) is 9. The van der Waals surface area contributed by atoms with E-state index in [-0.39, 0.29) is 102 Å². The molecule has 0 spiro atoms. The van der Waals surface area contributed by atoms with Crippen LogP contribution in [0.1, 0.15) is 81.5 Å². The molecule has 2 aromatic carbocycles. The van der Waals surface area contributed by atoms with E-state index in [0.717, 1.165) is 10.9 Å². The number of rotatable bonds is 19. The molecule has 15 N–H and O–H groups in total. The number of aliphatic imine (C=N–C) groups is 1. The molecule has 1 fully saturated rings. The van der Waals surface area contributed by atoms with Gasteiger partial charge in [-0.1, -0.05) is 71.0 Å². The van der Waals surface area contributed by atoms with Gasteiger partial charge in [0.25, 0.3) is 0 Å². The average molecular weight is 1160 g/mol. The Morgan fingerprint density at radius 3 is 2.15 bits per heavy atom. The number of aromatic amines is 2. The first-order chi connectivity index (χ1) is 37.2. The number of nitrogens with zero attached hydrogens (tertiary/aromatic N) is 3. The summed E-state index contributed by atoms with van der Waals surface area (Å²) < 4.78 is 0. The molecule has 5 rings (SSSR count). The molecule has 0 aliphatic carbocycles. The highest BCUT2D eigenvalue weighted by Crippen LogP contribution is 2.38. The number of halogens is 4. The number of nitrogens with two attached hydrogens (primary N) is 3. The van der Waals surface area contributed by atoms with Gasteiger partial charge < -0.3 is 69.3 Å². The van der Waals surface area contributed by atoms with Gasteiger partial charge in [0, 0.05) is 87.8 Å². The van der Waals surface area contributed by atoms with E-state index in [1.807, 2.05) is 18.2 Å². The predicted octanol–water partition coefficient (Wildman–Crippen LogP) is 1.32. The normalized spacial score (nSPS) is 19.5. The molecule has 9 amide bonds. The predicted molar refractivity (Wildman–Crippen MR) is 294 cm³/mol. The number of para-hydroxylation sites is 1. The number of imidazole rings is 1. The Balaban J connectivity index is 1.58. The number of primary amides is 1. The summed E-state index contributed by atoms with van der Waals surface area (Å²) >= 11 is 25.9. The van der Waals surface area contributed by atoms with Gasteiger partial charge in [-0.3, -0.25) is 48.1 Å². The summed E-state index contributed by atoms with van der Waals surface area (Å²) in [6.07, 6.45) is 5.02. The van der Waals surface area contributed by atoms with Gasteiger partial charge in [-0.2, -0.15) is 0 Å². The van der Waals surface area contributed by atoms with Crippen molar-refractivity contribution in [1.29, 1.82) is 0 Å². The summed E-state index contributed by atoms with van der Waals surface area (Å²) in [6.45, 7) is 1.25. The zero-order chi connectivity index (χ0) is 56.9. The van der Waals surface area contributed by atoms with Crippen molar-refractivity contribution in [3.8, 4) is 0 Å². The van der Waals surface area contributed by atoms with Gasteiger partial charge in [-0.05, 0) is 61.8 Å². The summed E-state index contributed by atoms with van der Waals surface area (Å²) in [7, 11) is 0. The molecule has 0 saturated carbocycles. The Kier molecular flexibility index (Phi) is 24.3. The first kappa shape index (κ1) is 61.7. The highest BCUT2D eigenvalue weighted by atomic mass is 35.5. The Morgan fingerprint density at radius 1 is 0.769 bits per heavy atom. The van der Waals surface area contributed by atoms with Crippen LogP contribution in [0, 0.1) is 0 Å². The number of H-pyrrole nitrogens is 2. The number of unbranched alkanes of at least 4 members (excludes halogenated alkanes) is 2. The fraction of sp³-hybridized carbons (Fsp3) is 0.460. The second kappa shape index (κ2) is 30.7. The van der Waals surface area contributed by atoms with Gasteiger partial charge >= 0.3 is 0 Å². The summed E-state index contributed by atoms with van der Waals surface area (Å²) in [4.78, 5) is 140. The zero-order valence-electron chi connectivity index (χ0n) is 42.8. The van der Waals surface area contributed by atoms with Gasteiger partial charge in [0.2, 0.25) is 53.2 Å². The Bertz CT molecular complexity index is 2810. The lowest BCUT2D eigenvalue weighted by Crippen LogP contribution is -2.60. The van der Waals surface area contributed by atoms with Crippen molar-refractivity contribution < 1.29 is 43.2 Å². The molecular weight excluding hydrogens is 1100 g/mol. The summed E-state index contributed by atoms with van der Waals surface area (Å²) in [5.41, 5.74) is 18.7. The molecule has 4 aromatic rings. The first-order valence-corrected chi connectivity index (χ1v) is 26.7. The van der Waals surface area contributed by atoms with Crippen LogP contribution in [0.15, 0.2) is 54.0 Å². The van der Waals surface area contributed by atoms with Gasteiger partial charge in [0.15, 0.2) is 5.96 Å². The van der Waals surface area contributed by atoms with Crippen molar-refractivity contribution in [1.82, 2.24) is 57.1 Å². The standard InChI is InChI=1S/C50H65Cl4N15O9/c1-27(70)59-14-6-2-3-13-40(72)64-37-22-41(73)60-15-7-8-17-69(25-39(55)71)49(78)38(20-29-23-62-33-11-5-4-10-31(29)33)68-45(74)34(12-9-16-61-50(56)57)65-46(75)35(19-28-18-32(51)43(53)44(54)42(28)52)66-47(76)36(67-48(37)77)21-30-24-58-26-63-30/h4-5,10-11,18,23-24,26,34-38,62H,2-3,6-9,12-17,19-22,25H2,1H3,(H2,55,71)(H,58,63)(H,59,70)(H,60,73)(H,64,72)(H,65,75)(H,66,76)(H,67,77)(H,68,74)(H4,56,57,61)/t34-,35+,36-,37-,38-/m0/s1. The van der Waals surface area contributed by atoms with Gasteiger partial charge in [0.1, 0.15) is 30.2 Å². The summed E-state index contributed by atoms with van der Waals surface area (Å²) in [6, 6.07) is 1.11. The lowest BCUT2D eigenvalue weighted by atomic mass is 10.0. The minimum absolute atomic E-state index is 0.0143. The molecule has 78 heavy (non-hydrogen) atoms. The molecule has 0 unspecified atom stereocenters.